The smallest absolute Gasteiger partial charge is 0.298 e. The van der Waals surface area contributed by atoms with Crippen molar-refractivity contribution >= 4 is 40.6 Å². The Bertz CT molecular complexity index is 1520. The van der Waals surface area contributed by atoms with Crippen LogP contribution >= 0.6 is 11.6 Å². The normalized spacial score (nSPS) is 11.4. The number of aryl methyl sites for hydroxylation is 1. The Hall–Kier alpha value is -4.25. The number of nitro groups is 1. The maximum absolute atomic E-state index is 12.9. The molecule has 4 aromatic rings. The largest absolute Gasteiger partial charge is 0.332 e. The summed E-state index contributed by atoms with van der Waals surface area (Å²) in [4.78, 5) is 40.2. The van der Waals surface area contributed by atoms with E-state index in [-0.39, 0.29) is 29.3 Å². The van der Waals surface area contributed by atoms with Crippen molar-refractivity contribution in [2.24, 2.45) is 19.2 Å². The second kappa shape index (κ2) is 8.71. The first kappa shape index (κ1) is 22.0. The molecule has 0 unspecified atom stereocenters. The van der Waals surface area contributed by atoms with Crippen molar-refractivity contribution in [3.8, 4) is 0 Å². The second-order valence-electron chi connectivity index (χ2n) is 7.25. The van der Waals surface area contributed by atoms with E-state index in [9.17, 15) is 19.7 Å². The molecule has 0 aliphatic rings. The van der Waals surface area contributed by atoms with E-state index in [0.29, 0.717) is 10.6 Å². The molecule has 168 valence electrons. The van der Waals surface area contributed by atoms with E-state index in [0.717, 1.165) is 10.1 Å². The van der Waals surface area contributed by atoms with E-state index in [1.165, 1.54) is 37.0 Å². The number of halogens is 1. The standard InChI is InChI=1S/C21H18ClN7O4/c1-26-18-17(19(30)27(2)21(26)31)28(12-13-6-8-15(22)9-7-13)20(24-18)25-23-11-14-4-3-5-16(10-14)29(32)33/h3-11H,12H2,1-2H3,(H,24,25)/b23-11+. The number of nitrogens with one attached hydrogen (secondary N) is 1. The lowest BCUT2D eigenvalue weighted by molar-refractivity contribution is -0.384. The third-order valence-electron chi connectivity index (χ3n) is 5.06. The molecule has 2 heterocycles. The molecule has 0 aliphatic carbocycles. The van der Waals surface area contributed by atoms with Crippen LogP contribution in [0.1, 0.15) is 11.1 Å². The van der Waals surface area contributed by atoms with Crippen molar-refractivity contribution in [2.45, 2.75) is 6.54 Å². The highest BCUT2D eigenvalue weighted by atomic mass is 35.5. The summed E-state index contributed by atoms with van der Waals surface area (Å²) in [6, 6.07) is 13.1. The van der Waals surface area contributed by atoms with Crippen molar-refractivity contribution in [1.29, 1.82) is 0 Å². The highest BCUT2D eigenvalue weighted by Gasteiger charge is 2.19. The average molecular weight is 468 g/mol. The summed E-state index contributed by atoms with van der Waals surface area (Å²) in [6.45, 7) is 0.260. The molecule has 2 aromatic carbocycles. The Morgan fingerprint density at radius 2 is 1.88 bits per heavy atom. The van der Waals surface area contributed by atoms with Crippen molar-refractivity contribution in [3.05, 3.63) is 95.6 Å². The van der Waals surface area contributed by atoms with Crippen LogP contribution in [0.5, 0.6) is 0 Å². The van der Waals surface area contributed by atoms with Gasteiger partial charge < -0.3 is 0 Å². The number of fused-ring (bicyclic) bond motifs is 1. The number of nitro benzene ring substituents is 1. The molecule has 12 heteroatoms. The first-order valence-corrected chi connectivity index (χ1v) is 10.1. The van der Waals surface area contributed by atoms with Crippen LogP contribution in [-0.2, 0) is 20.6 Å². The minimum atomic E-state index is -0.504. The Morgan fingerprint density at radius 1 is 1.15 bits per heavy atom. The van der Waals surface area contributed by atoms with Crippen molar-refractivity contribution in [1.82, 2.24) is 18.7 Å². The molecule has 11 nitrogen and oxygen atoms in total. The first-order valence-electron chi connectivity index (χ1n) is 9.70. The number of nitrogens with zero attached hydrogens (tertiary/aromatic N) is 6. The highest BCUT2D eigenvalue weighted by Crippen LogP contribution is 2.19. The summed E-state index contributed by atoms with van der Waals surface area (Å²) in [5.41, 5.74) is 3.50. The van der Waals surface area contributed by atoms with E-state index < -0.39 is 16.2 Å². The van der Waals surface area contributed by atoms with Gasteiger partial charge in [-0.05, 0) is 17.7 Å². The average Bonchev–Trinajstić information content (AvgIpc) is 3.16. The van der Waals surface area contributed by atoms with Gasteiger partial charge in [-0.15, -0.1) is 0 Å². The fourth-order valence-corrected chi connectivity index (χ4v) is 3.47. The van der Waals surface area contributed by atoms with Crippen LogP contribution in [0, 0.1) is 10.1 Å². The number of hydrogen-bond donors (Lipinski definition) is 1. The summed E-state index contributed by atoms with van der Waals surface area (Å²) >= 11 is 5.98. The van der Waals surface area contributed by atoms with Crippen LogP contribution in [0.25, 0.3) is 11.2 Å². The number of hydrazone groups is 1. The highest BCUT2D eigenvalue weighted by molar-refractivity contribution is 6.30. The van der Waals surface area contributed by atoms with Crippen LogP contribution in [0.4, 0.5) is 11.6 Å². The zero-order chi connectivity index (χ0) is 23.7. The molecule has 4 rings (SSSR count). The lowest BCUT2D eigenvalue weighted by Crippen LogP contribution is -2.37. The molecule has 0 fully saturated rings. The first-order chi connectivity index (χ1) is 15.8. The molecule has 0 spiro atoms. The number of benzene rings is 2. The Balaban J connectivity index is 1.79. The molecule has 0 radical (unpaired) electrons. The van der Waals surface area contributed by atoms with E-state index in [1.807, 2.05) is 12.1 Å². The van der Waals surface area contributed by atoms with Gasteiger partial charge in [-0.3, -0.25) is 28.6 Å². The molecule has 0 saturated heterocycles. The number of rotatable bonds is 6. The zero-order valence-electron chi connectivity index (χ0n) is 17.6. The van der Waals surface area contributed by atoms with Crippen LogP contribution in [0.3, 0.4) is 0 Å². The third-order valence-corrected chi connectivity index (χ3v) is 5.31. The maximum atomic E-state index is 12.9. The van der Waals surface area contributed by atoms with E-state index in [2.05, 4.69) is 15.5 Å². The van der Waals surface area contributed by atoms with E-state index >= 15 is 0 Å². The van der Waals surface area contributed by atoms with Gasteiger partial charge in [0, 0.05) is 36.8 Å². The van der Waals surface area contributed by atoms with Crippen molar-refractivity contribution < 1.29 is 4.92 Å². The lowest BCUT2D eigenvalue weighted by Gasteiger charge is -2.09. The van der Waals surface area contributed by atoms with Gasteiger partial charge in [0.1, 0.15) is 0 Å². The minimum Gasteiger partial charge on any atom is -0.298 e. The maximum Gasteiger partial charge on any atom is 0.332 e. The third kappa shape index (κ3) is 4.26. The second-order valence-corrected chi connectivity index (χ2v) is 7.68. The van der Waals surface area contributed by atoms with E-state index in [1.54, 1.807) is 28.8 Å². The van der Waals surface area contributed by atoms with Crippen LogP contribution in [0.2, 0.25) is 5.02 Å². The molecule has 1 N–H and O–H groups in total. The van der Waals surface area contributed by atoms with Gasteiger partial charge in [0.25, 0.3) is 11.2 Å². The number of aromatic nitrogens is 4. The summed E-state index contributed by atoms with van der Waals surface area (Å²) < 4.78 is 3.91. The molecular weight excluding hydrogens is 450 g/mol. The Kier molecular flexibility index (Phi) is 5.80. The molecule has 0 bridgehead atoms. The molecular formula is C21H18ClN7O4. The molecule has 0 atom stereocenters. The van der Waals surface area contributed by atoms with Gasteiger partial charge in [-0.1, -0.05) is 35.9 Å². The molecule has 0 amide bonds. The van der Waals surface area contributed by atoms with Gasteiger partial charge in [-0.25, -0.2) is 10.2 Å². The molecule has 33 heavy (non-hydrogen) atoms. The Labute approximate surface area is 191 Å². The fraction of sp³-hybridized carbons (Fsp3) is 0.143. The van der Waals surface area contributed by atoms with Crippen LogP contribution in [-0.4, -0.2) is 29.8 Å². The minimum absolute atomic E-state index is 0.0626. The van der Waals surface area contributed by atoms with Crippen molar-refractivity contribution in [3.63, 3.8) is 0 Å². The summed E-state index contributed by atoms with van der Waals surface area (Å²) in [7, 11) is 2.93. The number of imidazole rings is 1. The predicted octanol–water partition coefficient (Wildman–Crippen LogP) is 2.49. The van der Waals surface area contributed by atoms with Crippen molar-refractivity contribution in [2.75, 3.05) is 5.43 Å². The number of hydrogen-bond acceptors (Lipinski definition) is 7. The van der Waals surface area contributed by atoms with Gasteiger partial charge >= 0.3 is 5.69 Å². The topological polar surface area (TPSA) is 129 Å². The number of anilines is 1. The van der Waals surface area contributed by atoms with E-state index in [4.69, 9.17) is 11.6 Å². The van der Waals surface area contributed by atoms with Gasteiger partial charge in [-0.2, -0.15) is 10.1 Å². The summed E-state index contributed by atoms with van der Waals surface area (Å²) in [5, 5.41) is 15.7. The predicted molar refractivity (Wildman–Crippen MR) is 125 cm³/mol. The van der Waals surface area contributed by atoms with Crippen LogP contribution in [0.15, 0.2) is 63.2 Å². The monoisotopic (exact) mass is 467 g/mol. The molecule has 0 saturated carbocycles. The SMILES string of the molecule is Cn1c(=O)c2c(nc(N/N=C/c3cccc([N+](=O)[O-])c3)n2Cc2ccc(Cl)cc2)n(C)c1=O. The van der Waals surface area contributed by atoms with Gasteiger partial charge in [0.05, 0.1) is 17.7 Å². The lowest BCUT2D eigenvalue weighted by atomic mass is 10.2. The van der Waals surface area contributed by atoms with Gasteiger partial charge in [0.15, 0.2) is 11.2 Å². The Morgan fingerprint density at radius 3 is 2.58 bits per heavy atom. The molecule has 0 aliphatic heterocycles. The van der Waals surface area contributed by atoms with Gasteiger partial charge in [0.2, 0.25) is 5.95 Å². The number of non-ortho nitro benzene ring substituents is 1. The van der Waals surface area contributed by atoms with Crippen LogP contribution < -0.4 is 16.7 Å². The summed E-state index contributed by atoms with van der Waals surface area (Å²) in [5.74, 6) is 0.222. The molecule has 2 aromatic heterocycles. The quantitative estimate of drug-likeness (QED) is 0.263. The summed E-state index contributed by atoms with van der Waals surface area (Å²) in [6.07, 6.45) is 1.40. The fourth-order valence-electron chi connectivity index (χ4n) is 3.34. The zero-order valence-corrected chi connectivity index (χ0v) is 18.4.